The average Bonchev–Trinajstić information content (AvgIpc) is 2.35. The molecule has 0 aliphatic heterocycles. The third kappa shape index (κ3) is 5.02. The zero-order chi connectivity index (χ0) is 13.4. The molecule has 0 amide bonds. The van der Waals surface area contributed by atoms with Gasteiger partial charge >= 0.3 is 0 Å². The largest absolute Gasteiger partial charge is 0.385 e. The summed E-state index contributed by atoms with van der Waals surface area (Å²) in [5.74, 6) is 0. The first kappa shape index (κ1) is 14.9. The highest BCUT2D eigenvalue weighted by atomic mass is 16.5. The number of rotatable bonds is 8. The number of nitrogens with one attached hydrogen (secondary N) is 1. The molecule has 0 aliphatic rings. The van der Waals surface area contributed by atoms with Gasteiger partial charge in [0.15, 0.2) is 0 Å². The number of anilines is 1. The molecular weight excluding hydrogens is 226 g/mol. The van der Waals surface area contributed by atoms with Crippen LogP contribution in [0.1, 0.15) is 26.5 Å². The van der Waals surface area contributed by atoms with Gasteiger partial charge in [0.2, 0.25) is 0 Å². The summed E-state index contributed by atoms with van der Waals surface area (Å²) in [4.78, 5) is 6.79. The minimum Gasteiger partial charge on any atom is -0.385 e. The highest BCUT2D eigenvalue weighted by Crippen LogP contribution is 2.11. The molecule has 102 valence electrons. The van der Waals surface area contributed by atoms with Crippen molar-refractivity contribution in [1.82, 2.24) is 9.88 Å². The van der Waals surface area contributed by atoms with Gasteiger partial charge in [-0.3, -0.25) is 9.88 Å². The quantitative estimate of drug-likeness (QED) is 0.769. The van der Waals surface area contributed by atoms with Gasteiger partial charge in [0.05, 0.1) is 12.3 Å². The van der Waals surface area contributed by atoms with Gasteiger partial charge in [-0.2, -0.15) is 0 Å². The molecule has 0 saturated heterocycles. The molecule has 4 nitrogen and oxygen atoms in total. The molecule has 0 radical (unpaired) electrons. The molecule has 0 saturated carbocycles. The van der Waals surface area contributed by atoms with Crippen molar-refractivity contribution < 1.29 is 4.74 Å². The number of pyridine rings is 1. The number of aromatic nitrogens is 1. The second kappa shape index (κ2) is 8.06. The van der Waals surface area contributed by atoms with E-state index in [4.69, 9.17) is 4.74 Å². The second-order valence-corrected chi connectivity index (χ2v) is 4.62. The molecule has 1 aromatic rings. The summed E-state index contributed by atoms with van der Waals surface area (Å²) in [6.07, 6.45) is 1.86. The van der Waals surface area contributed by atoms with Crippen LogP contribution in [0.25, 0.3) is 0 Å². The maximum atomic E-state index is 5.15. The fourth-order valence-corrected chi connectivity index (χ4v) is 1.82. The van der Waals surface area contributed by atoms with Crippen LogP contribution in [0, 0.1) is 0 Å². The van der Waals surface area contributed by atoms with Crippen LogP contribution in [0.2, 0.25) is 0 Å². The van der Waals surface area contributed by atoms with E-state index in [1.165, 1.54) is 0 Å². The summed E-state index contributed by atoms with van der Waals surface area (Å²) in [6, 6.07) is 4.61. The van der Waals surface area contributed by atoms with Crippen LogP contribution in [0.5, 0.6) is 0 Å². The number of nitrogens with zero attached hydrogens (tertiary/aromatic N) is 2. The maximum absolute atomic E-state index is 5.15. The van der Waals surface area contributed by atoms with Gasteiger partial charge in [0.25, 0.3) is 0 Å². The third-order valence-corrected chi connectivity index (χ3v) is 2.88. The second-order valence-electron chi connectivity index (χ2n) is 4.62. The SMILES string of the molecule is CCNc1ccnc(CN(CCOC)C(C)C)c1. The smallest absolute Gasteiger partial charge is 0.0589 e. The lowest BCUT2D eigenvalue weighted by atomic mass is 10.2. The maximum Gasteiger partial charge on any atom is 0.0589 e. The standard InChI is InChI=1S/C14H25N3O/c1-5-15-13-6-7-16-14(10-13)11-17(12(2)3)8-9-18-4/h6-7,10,12H,5,8-9,11H2,1-4H3,(H,15,16). The Hall–Kier alpha value is -1.13. The van der Waals surface area contributed by atoms with Crippen LogP contribution in [0.4, 0.5) is 5.69 Å². The minimum absolute atomic E-state index is 0.491. The van der Waals surface area contributed by atoms with Crippen LogP contribution in [-0.4, -0.2) is 42.7 Å². The van der Waals surface area contributed by atoms with E-state index in [2.05, 4.69) is 42.0 Å². The zero-order valence-electron chi connectivity index (χ0n) is 11.9. The molecule has 18 heavy (non-hydrogen) atoms. The topological polar surface area (TPSA) is 37.4 Å². The summed E-state index contributed by atoms with van der Waals surface area (Å²) in [6.45, 7) is 9.97. The lowest BCUT2D eigenvalue weighted by molar-refractivity contribution is 0.124. The van der Waals surface area contributed by atoms with E-state index in [1.807, 2.05) is 12.3 Å². The van der Waals surface area contributed by atoms with Crippen LogP contribution >= 0.6 is 0 Å². The van der Waals surface area contributed by atoms with E-state index >= 15 is 0 Å². The van der Waals surface area contributed by atoms with Crippen LogP contribution < -0.4 is 5.32 Å². The van der Waals surface area contributed by atoms with Crippen molar-refractivity contribution in [3.8, 4) is 0 Å². The van der Waals surface area contributed by atoms with E-state index in [9.17, 15) is 0 Å². The molecule has 0 atom stereocenters. The van der Waals surface area contributed by atoms with Gasteiger partial charge in [-0.25, -0.2) is 0 Å². The number of ether oxygens (including phenoxy) is 1. The molecule has 1 aromatic heterocycles. The van der Waals surface area contributed by atoms with Crippen molar-refractivity contribution in [2.45, 2.75) is 33.4 Å². The fourth-order valence-electron chi connectivity index (χ4n) is 1.82. The normalized spacial score (nSPS) is 11.2. The highest BCUT2D eigenvalue weighted by molar-refractivity contribution is 5.42. The first-order chi connectivity index (χ1) is 8.67. The molecular formula is C14H25N3O. The van der Waals surface area contributed by atoms with Gasteiger partial charge in [0, 0.05) is 44.7 Å². The van der Waals surface area contributed by atoms with Gasteiger partial charge in [-0.05, 0) is 32.9 Å². The highest BCUT2D eigenvalue weighted by Gasteiger charge is 2.10. The van der Waals surface area contributed by atoms with E-state index in [0.717, 1.165) is 37.6 Å². The molecule has 1 rings (SSSR count). The monoisotopic (exact) mass is 251 g/mol. The van der Waals surface area contributed by atoms with E-state index < -0.39 is 0 Å². The number of methoxy groups -OCH3 is 1. The van der Waals surface area contributed by atoms with Gasteiger partial charge in [-0.15, -0.1) is 0 Å². The van der Waals surface area contributed by atoms with Crippen molar-refractivity contribution in [2.75, 3.05) is 32.1 Å². The lowest BCUT2D eigenvalue weighted by Gasteiger charge is -2.25. The van der Waals surface area contributed by atoms with Crippen LogP contribution in [-0.2, 0) is 11.3 Å². The summed E-state index contributed by atoms with van der Waals surface area (Å²) >= 11 is 0. The molecule has 4 heteroatoms. The Bertz CT molecular complexity index is 342. The minimum atomic E-state index is 0.491. The van der Waals surface area contributed by atoms with Crippen LogP contribution in [0.15, 0.2) is 18.3 Å². The molecule has 1 N–H and O–H groups in total. The Balaban J connectivity index is 2.64. The first-order valence-corrected chi connectivity index (χ1v) is 6.59. The van der Waals surface area contributed by atoms with Gasteiger partial charge in [0.1, 0.15) is 0 Å². The molecule has 0 unspecified atom stereocenters. The predicted octanol–water partition coefficient (Wildman–Crippen LogP) is 2.37. The van der Waals surface area contributed by atoms with Crippen LogP contribution in [0.3, 0.4) is 0 Å². The van der Waals surface area contributed by atoms with Gasteiger partial charge < -0.3 is 10.1 Å². The Morgan fingerprint density at radius 2 is 2.22 bits per heavy atom. The summed E-state index contributed by atoms with van der Waals surface area (Å²) in [5.41, 5.74) is 2.23. The van der Waals surface area contributed by atoms with Crippen molar-refractivity contribution in [3.05, 3.63) is 24.0 Å². The van der Waals surface area contributed by atoms with E-state index in [0.29, 0.717) is 6.04 Å². The predicted molar refractivity (Wildman–Crippen MR) is 75.8 cm³/mol. The van der Waals surface area contributed by atoms with Crippen molar-refractivity contribution in [1.29, 1.82) is 0 Å². The Labute approximate surface area is 110 Å². The summed E-state index contributed by atoms with van der Waals surface area (Å²) < 4.78 is 5.15. The molecule has 0 aromatic carbocycles. The average molecular weight is 251 g/mol. The Morgan fingerprint density at radius 1 is 1.44 bits per heavy atom. The lowest BCUT2D eigenvalue weighted by Crippen LogP contribution is -2.33. The molecule has 0 spiro atoms. The summed E-state index contributed by atoms with van der Waals surface area (Å²) in [7, 11) is 1.74. The van der Waals surface area contributed by atoms with E-state index in [-0.39, 0.29) is 0 Å². The molecule has 0 fully saturated rings. The molecule has 1 heterocycles. The number of hydrogen-bond acceptors (Lipinski definition) is 4. The molecule has 0 bridgehead atoms. The van der Waals surface area contributed by atoms with Crippen molar-refractivity contribution >= 4 is 5.69 Å². The third-order valence-electron chi connectivity index (χ3n) is 2.88. The Kier molecular flexibility index (Phi) is 6.68. The first-order valence-electron chi connectivity index (χ1n) is 6.59. The molecule has 0 aliphatic carbocycles. The number of hydrogen-bond donors (Lipinski definition) is 1. The van der Waals surface area contributed by atoms with Gasteiger partial charge in [-0.1, -0.05) is 0 Å². The Morgan fingerprint density at radius 3 is 2.83 bits per heavy atom. The zero-order valence-corrected chi connectivity index (χ0v) is 11.9. The van der Waals surface area contributed by atoms with E-state index in [1.54, 1.807) is 7.11 Å². The fraction of sp³-hybridized carbons (Fsp3) is 0.643. The van der Waals surface area contributed by atoms with Crippen molar-refractivity contribution in [3.63, 3.8) is 0 Å². The van der Waals surface area contributed by atoms with Crippen molar-refractivity contribution in [2.24, 2.45) is 0 Å². The summed E-state index contributed by atoms with van der Waals surface area (Å²) in [5, 5.41) is 3.31.